The van der Waals surface area contributed by atoms with Crippen LogP contribution in [-0.4, -0.2) is 34.3 Å². The summed E-state index contributed by atoms with van der Waals surface area (Å²) in [5.41, 5.74) is 8.37. The normalized spacial score (nSPS) is 27.6. The second-order valence-corrected chi connectivity index (χ2v) is 5.50. The molecule has 3 atom stereocenters. The zero-order valence-electron chi connectivity index (χ0n) is 11.3. The van der Waals surface area contributed by atoms with E-state index in [0.29, 0.717) is 12.6 Å². The van der Waals surface area contributed by atoms with Gasteiger partial charge in [-0.05, 0) is 18.8 Å². The van der Waals surface area contributed by atoms with Crippen molar-refractivity contribution in [3.8, 4) is 0 Å². The highest BCUT2D eigenvalue weighted by atomic mass is 15.3. The van der Waals surface area contributed by atoms with Crippen molar-refractivity contribution >= 4 is 0 Å². The summed E-state index contributed by atoms with van der Waals surface area (Å²) in [6.07, 6.45) is 2.11. The molecule has 4 nitrogen and oxygen atoms in total. The number of nitrogens with two attached hydrogens (primary N) is 1. The van der Waals surface area contributed by atoms with E-state index >= 15 is 0 Å². The van der Waals surface area contributed by atoms with Crippen molar-refractivity contribution in [3.63, 3.8) is 0 Å². The fourth-order valence-electron chi connectivity index (χ4n) is 2.85. The minimum atomic E-state index is 0.330. The van der Waals surface area contributed by atoms with E-state index in [9.17, 15) is 0 Å². The third-order valence-electron chi connectivity index (χ3n) is 4.09. The maximum Gasteiger partial charge on any atom is 0.0641 e. The first-order valence-electron chi connectivity index (χ1n) is 6.47. The molecule has 0 saturated carbocycles. The van der Waals surface area contributed by atoms with Gasteiger partial charge < -0.3 is 5.73 Å². The Bertz CT molecular complexity index is 375. The zero-order valence-corrected chi connectivity index (χ0v) is 11.3. The molecule has 4 heteroatoms. The smallest absolute Gasteiger partial charge is 0.0641 e. The minimum Gasteiger partial charge on any atom is -0.329 e. The number of rotatable bonds is 3. The average Bonchev–Trinajstić information content (AvgIpc) is 2.74. The SMILES string of the molecule is Cc1nn(C)cc1C(CN)N1CC(C)C(C)C1. The Labute approximate surface area is 104 Å². The Balaban J connectivity index is 2.20. The highest BCUT2D eigenvalue weighted by Gasteiger charge is 2.32. The van der Waals surface area contributed by atoms with Gasteiger partial charge in [-0.1, -0.05) is 13.8 Å². The van der Waals surface area contributed by atoms with E-state index in [1.165, 1.54) is 5.56 Å². The quantitative estimate of drug-likeness (QED) is 0.861. The summed E-state index contributed by atoms with van der Waals surface area (Å²) < 4.78 is 1.89. The minimum absolute atomic E-state index is 0.330. The summed E-state index contributed by atoms with van der Waals surface area (Å²) >= 11 is 0. The molecule has 2 heterocycles. The highest BCUT2D eigenvalue weighted by Crippen LogP contribution is 2.31. The lowest BCUT2D eigenvalue weighted by Gasteiger charge is -2.26. The van der Waals surface area contributed by atoms with Gasteiger partial charge >= 0.3 is 0 Å². The molecule has 3 unspecified atom stereocenters. The first kappa shape index (κ1) is 12.6. The third-order valence-corrected chi connectivity index (χ3v) is 4.09. The third kappa shape index (κ3) is 2.38. The topological polar surface area (TPSA) is 47.1 Å². The van der Waals surface area contributed by atoms with Crippen LogP contribution in [0.4, 0.5) is 0 Å². The Morgan fingerprint density at radius 2 is 2.00 bits per heavy atom. The van der Waals surface area contributed by atoms with Gasteiger partial charge in [0.05, 0.1) is 11.7 Å². The first-order valence-corrected chi connectivity index (χ1v) is 6.47. The standard InChI is InChI=1S/C13H24N4/c1-9-6-17(7-10(9)2)13(5-14)12-8-16(4)15-11(12)3/h8-10,13H,5-7,14H2,1-4H3. The number of hydrogen-bond donors (Lipinski definition) is 1. The van der Waals surface area contributed by atoms with Crippen LogP contribution < -0.4 is 5.73 Å². The van der Waals surface area contributed by atoms with Crippen LogP contribution in [0, 0.1) is 18.8 Å². The second-order valence-electron chi connectivity index (χ2n) is 5.50. The van der Waals surface area contributed by atoms with Gasteiger partial charge in [-0.25, -0.2) is 0 Å². The number of likely N-dealkylation sites (tertiary alicyclic amines) is 1. The molecule has 1 saturated heterocycles. The van der Waals surface area contributed by atoms with Gasteiger partial charge in [-0.3, -0.25) is 9.58 Å². The molecule has 0 aromatic carbocycles. The van der Waals surface area contributed by atoms with Crippen LogP contribution in [0.25, 0.3) is 0 Å². The molecule has 1 aromatic rings. The number of hydrogen-bond acceptors (Lipinski definition) is 3. The predicted molar refractivity (Wildman–Crippen MR) is 69.6 cm³/mol. The van der Waals surface area contributed by atoms with E-state index in [4.69, 9.17) is 5.73 Å². The zero-order chi connectivity index (χ0) is 12.6. The highest BCUT2D eigenvalue weighted by molar-refractivity contribution is 5.21. The molecular weight excluding hydrogens is 212 g/mol. The molecule has 1 fully saturated rings. The second kappa shape index (κ2) is 4.78. The lowest BCUT2D eigenvalue weighted by molar-refractivity contribution is 0.239. The van der Waals surface area contributed by atoms with Crippen molar-refractivity contribution in [1.82, 2.24) is 14.7 Å². The van der Waals surface area contributed by atoms with Crippen LogP contribution in [0.2, 0.25) is 0 Å². The van der Waals surface area contributed by atoms with Gasteiger partial charge in [0.2, 0.25) is 0 Å². The van der Waals surface area contributed by atoms with Gasteiger partial charge in [0, 0.05) is 38.4 Å². The Hall–Kier alpha value is -0.870. The molecule has 2 N–H and O–H groups in total. The number of aromatic nitrogens is 2. The Morgan fingerprint density at radius 1 is 1.41 bits per heavy atom. The van der Waals surface area contributed by atoms with Crippen molar-refractivity contribution in [2.24, 2.45) is 24.6 Å². The number of aryl methyl sites for hydroxylation is 2. The van der Waals surface area contributed by atoms with E-state index in [1.807, 2.05) is 11.7 Å². The molecule has 0 aliphatic carbocycles. The predicted octanol–water partition coefficient (Wildman–Crippen LogP) is 1.32. The molecule has 96 valence electrons. The lowest BCUT2D eigenvalue weighted by atomic mass is 10.0. The monoisotopic (exact) mass is 236 g/mol. The summed E-state index contributed by atoms with van der Waals surface area (Å²) in [4.78, 5) is 2.51. The van der Waals surface area contributed by atoms with Gasteiger partial charge in [-0.2, -0.15) is 5.10 Å². The molecule has 0 radical (unpaired) electrons. The van der Waals surface area contributed by atoms with E-state index in [1.54, 1.807) is 0 Å². The fraction of sp³-hybridized carbons (Fsp3) is 0.769. The molecule has 0 bridgehead atoms. The van der Waals surface area contributed by atoms with Crippen molar-refractivity contribution in [2.75, 3.05) is 19.6 Å². The van der Waals surface area contributed by atoms with E-state index in [2.05, 4.69) is 37.0 Å². The fourth-order valence-corrected chi connectivity index (χ4v) is 2.85. The maximum absolute atomic E-state index is 5.97. The van der Waals surface area contributed by atoms with Crippen LogP contribution in [0.5, 0.6) is 0 Å². The van der Waals surface area contributed by atoms with Crippen molar-refractivity contribution in [2.45, 2.75) is 26.8 Å². The van der Waals surface area contributed by atoms with Gasteiger partial charge in [0.15, 0.2) is 0 Å². The van der Waals surface area contributed by atoms with E-state index < -0.39 is 0 Å². The molecule has 1 aromatic heterocycles. The molecular formula is C13H24N4. The van der Waals surface area contributed by atoms with Crippen molar-refractivity contribution in [1.29, 1.82) is 0 Å². The summed E-state index contributed by atoms with van der Waals surface area (Å²) in [5.74, 6) is 1.53. The van der Waals surface area contributed by atoms with Crippen LogP contribution in [0.1, 0.15) is 31.1 Å². The Kier molecular flexibility index (Phi) is 3.54. The van der Waals surface area contributed by atoms with Gasteiger partial charge in [0.25, 0.3) is 0 Å². The summed E-state index contributed by atoms with van der Waals surface area (Å²) in [7, 11) is 1.97. The maximum atomic E-state index is 5.97. The molecule has 1 aliphatic rings. The molecule has 17 heavy (non-hydrogen) atoms. The van der Waals surface area contributed by atoms with Crippen LogP contribution in [0.15, 0.2) is 6.20 Å². The van der Waals surface area contributed by atoms with Crippen LogP contribution in [-0.2, 0) is 7.05 Å². The van der Waals surface area contributed by atoms with Crippen LogP contribution in [0.3, 0.4) is 0 Å². The van der Waals surface area contributed by atoms with Gasteiger partial charge in [-0.15, -0.1) is 0 Å². The molecule has 2 rings (SSSR count). The van der Waals surface area contributed by atoms with Gasteiger partial charge in [0.1, 0.15) is 0 Å². The summed E-state index contributed by atoms with van der Waals surface area (Å²) in [5, 5.41) is 4.42. The average molecular weight is 236 g/mol. The molecule has 0 amide bonds. The van der Waals surface area contributed by atoms with Crippen molar-refractivity contribution < 1.29 is 0 Å². The number of nitrogens with zero attached hydrogens (tertiary/aromatic N) is 3. The lowest BCUT2D eigenvalue weighted by Crippen LogP contribution is -2.32. The van der Waals surface area contributed by atoms with E-state index in [0.717, 1.165) is 30.6 Å². The Morgan fingerprint density at radius 3 is 2.41 bits per heavy atom. The van der Waals surface area contributed by atoms with Crippen LogP contribution >= 0.6 is 0 Å². The van der Waals surface area contributed by atoms with Crippen molar-refractivity contribution in [3.05, 3.63) is 17.5 Å². The van der Waals surface area contributed by atoms with E-state index in [-0.39, 0.29) is 0 Å². The first-order chi connectivity index (χ1) is 8.02. The summed E-state index contributed by atoms with van der Waals surface area (Å²) in [6, 6.07) is 0.330. The summed E-state index contributed by atoms with van der Waals surface area (Å²) in [6.45, 7) is 9.70. The largest absolute Gasteiger partial charge is 0.329 e. The molecule has 1 aliphatic heterocycles. The molecule has 0 spiro atoms.